The number of nitrogens with zero attached hydrogens (tertiary/aromatic N) is 2. The third-order valence-electron chi connectivity index (χ3n) is 4.63. The molecule has 4 nitrogen and oxygen atoms in total. The number of amides is 1. The molecule has 0 unspecified atom stereocenters. The summed E-state index contributed by atoms with van der Waals surface area (Å²) >= 11 is 3.46. The average molecular weight is 438 g/mol. The van der Waals surface area contributed by atoms with Crippen LogP contribution in [0.2, 0.25) is 0 Å². The van der Waals surface area contributed by atoms with E-state index in [0.29, 0.717) is 11.1 Å². The summed E-state index contributed by atoms with van der Waals surface area (Å²) in [5.41, 5.74) is 7.29. The molecule has 1 aliphatic heterocycles. The molecule has 0 saturated heterocycles. The van der Waals surface area contributed by atoms with Crippen LogP contribution in [0.15, 0.2) is 76.3 Å². The number of hydrogen-bond donors (Lipinski definition) is 1. The SMILES string of the molecule is O=C(N/N=C/c1ccc(F)cc1)c1ccc2c(c1)CN(c1ccc(Br)cc1)C2. The van der Waals surface area contributed by atoms with E-state index in [1.54, 1.807) is 12.1 Å². The predicted molar refractivity (Wildman–Crippen MR) is 112 cm³/mol. The van der Waals surface area contributed by atoms with Gasteiger partial charge in [-0.2, -0.15) is 5.10 Å². The molecule has 0 aliphatic carbocycles. The van der Waals surface area contributed by atoms with Crippen molar-refractivity contribution in [1.82, 2.24) is 5.43 Å². The number of carbonyl (C=O) groups is 1. The first-order valence-corrected chi connectivity index (χ1v) is 9.59. The number of halogens is 2. The Hall–Kier alpha value is -2.99. The van der Waals surface area contributed by atoms with Crippen molar-refractivity contribution in [2.24, 2.45) is 5.10 Å². The minimum atomic E-state index is -0.309. The molecule has 1 heterocycles. The number of fused-ring (bicyclic) bond motifs is 1. The van der Waals surface area contributed by atoms with Gasteiger partial charge in [-0.15, -0.1) is 0 Å². The molecule has 0 radical (unpaired) electrons. The number of rotatable bonds is 4. The Morgan fingerprint density at radius 1 is 1.00 bits per heavy atom. The molecule has 1 aliphatic rings. The van der Waals surface area contributed by atoms with Gasteiger partial charge in [0.05, 0.1) is 6.21 Å². The molecule has 0 spiro atoms. The van der Waals surface area contributed by atoms with Gasteiger partial charge >= 0.3 is 0 Å². The highest BCUT2D eigenvalue weighted by atomic mass is 79.9. The van der Waals surface area contributed by atoms with Crippen LogP contribution in [0.5, 0.6) is 0 Å². The summed E-state index contributed by atoms with van der Waals surface area (Å²) in [5.74, 6) is -0.584. The average Bonchev–Trinajstić information content (AvgIpc) is 3.13. The molecule has 6 heteroatoms. The Morgan fingerprint density at radius 3 is 2.46 bits per heavy atom. The summed E-state index contributed by atoms with van der Waals surface area (Å²) < 4.78 is 14.0. The van der Waals surface area contributed by atoms with Gasteiger partial charge in [0.15, 0.2) is 0 Å². The fraction of sp³-hybridized carbons (Fsp3) is 0.0909. The first kappa shape index (κ1) is 18.4. The van der Waals surface area contributed by atoms with Crippen LogP contribution < -0.4 is 10.3 Å². The molecular weight excluding hydrogens is 421 g/mol. The molecule has 3 aromatic rings. The standard InChI is InChI=1S/C22H17BrFN3O/c23-19-5-9-21(10-6-19)27-13-17-4-3-16(11-18(17)14-27)22(28)26-25-12-15-1-7-20(24)8-2-15/h1-12H,13-14H2,(H,26,28)/b25-12+. The quantitative estimate of drug-likeness (QED) is 0.467. The molecule has 28 heavy (non-hydrogen) atoms. The summed E-state index contributed by atoms with van der Waals surface area (Å²) in [5, 5.41) is 3.95. The highest BCUT2D eigenvalue weighted by Gasteiger charge is 2.20. The molecular formula is C22H17BrFN3O. The monoisotopic (exact) mass is 437 g/mol. The maximum Gasteiger partial charge on any atom is 0.271 e. The molecule has 3 aromatic carbocycles. The molecule has 4 rings (SSSR count). The van der Waals surface area contributed by atoms with E-state index in [9.17, 15) is 9.18 Å². The second-order valence-corrected chi connectivity index (χ2v) is 7.48. The number of hydrazone groups is 1. The normalized spacial score (nSPS) is 13.0. The molecule has 1 amide bonds. The fourth-order valence-corrected chi connectivity index (χ4v) is 3.41. The van der Waals surface area contributed by atoms with Gasteiger partial charge in [-0.25, -0.2) is 9.82 Å². The highest BCUT2D eigenvalue weighted by molar-refractivity contribution is 9.10. The van der Waals surface area contributed by atoms with Crippen molar-refractivity contribution in [2.45, 2.75) is 13.1 Å². The highest BCUT2D eigenvalue weighted by Crippen LogP contribution is 2.29. The minimum Gasteiger partial charge on any atom is -0.363 e. The zero-order chi connectivity index (χ0) is 19.5. The van der Waals surface area contributed by atoms with E-state index in [2.05, 4.69) is 43.5 Å². The van der Waals surface area contributed by atoms with Crippen LogP contribution in [0.4, 0.5) is 10.1 Å². The fourth-order valence-electron chi connectivity index (χ4n) is 3.15. The van der Waals surface area contributed by atoms with E-state index >= 15 is 0 Å². The summed E-state index contributed by atoms with van der Waals surface area (Å²) in [6.45, 7) is 1.58. The Bertz CT molecular complexity index is 1030. The zero-order valence-electron chi connectivity index (χ0n) is 14.9. The van der Waals surface area contributed by atoms with Crippen molar-refractivity contribution < 1.29 is 9.18 Å². The van der Waals surface area contributed by atoms with Crippen molar-refractivity contribution in [3.05, 3.63) is 99.3 Å². The Labute approximate surface area is 170 Å². The lowest BCUT2D eigenvalue weighted by molar-refractivity contribution is 0.0955. The van der Waals surface area contributed by atoms with Crippen molar-refractivity contribution in [3.8, 4) is 0 Å². The zero-order valence-corrected chi connectivity index (χ0v) is 16.5. The number of nitrogens with one attached hydrogen (secondary N) is 1. The molecule has 1 N–H and O–H groups in total. The summed E-state index contributed by atoms with van der Waals surface area (Å²) in [4.78, 5) is 14.6. The number of carbonyl (C=O) groups excluding carboxylic acids is 1. The van der Waals surface area contributed by atoms with Crippen LogP contribution in [0.25, 0.3) is 0 Å². The maximum absolute atomic E-state index is 12.9. The molecule has 0 atom stereocenters. The first-order valence-electron chi connectivity index (χ1n) is 8.80. The van der Waals surface area contributed by atoms with Gasteiger partial charge in [-0.3, -0.25) is 4.79 Å². The lowest BCUT2D eigenvalue weighted by Gasteiger charge is -2.17. The van der Waals surface area contributed by atoms with E-state index in [-0.39, 0.29) is 11.7 Å². The van der Waals surface area contributed by atoms with Crippen molar-refractivity contribution in [3.63, 3.8) is 0 Å². The van der Waals surface area contributed by atoms with Crippen LogP contribution in [0.1, 0.15) is 27.0 Å². The predicted octanol–water partition coefficient (Wildman–Crippen LogP) is 4.87. The number of benzene rings is 3. The third kappa shape index (κ3) is 4.12. The van der Waals surface area contributed by atoms with Gasteiger partial charge in [0.1, 0.15) is 5.82 Å². The van der Waals surface area contributed by atoms with Crippen molar-refractivity contribution >= 4 is 33.7 Å². The van der Waals surface area contributed by atoms with Crippen molar-refractivity contribution in [2.75, 3.05) is 4.90 Å². The van der Waals surface area contributed by atoms with E-state index in [1.807, 2.05) is 30.3 Å². The van der Waals surface area contributed by atoms with Crippen LogP contribution in [0, 0.1) is 5.82 Å². The minimum absolute atomic E-state index is 0.275. The smallest absolute Gasteiger partial charge is 0.271 e. The largest absolute Gasteiger partial charge is 0.363 e. The third-order valence-corrected chi connectivity index (χ3v) is 5.16. The van der Waals surface area contributed by atoms with Gasteiger partial charge in [0.2, 0.25) is 0 Å². The van der Waals surface area contributed by atoms with E-state index in [4.69, 9.17) is 0 Å². The summed E-state index contributed by atoms with van der Waals surface area (Å²) in [6.07, 6.45) is 1.49. The lowest BCUT2D eigenvalue weighted by Crippen LogP contribution is -2.17. The van der Waals surface area contributed by atoms with E-state index in [0.717, 1.165) is 28.8 Å². The van der Waals surface area contributed by atoms with Gasteiger partial charge in [-0.05, 0) is 65.2 Å². The van der Waals surface area contributed by atoms with Crippen LogP contribution in [0.3, 0.4) is 0 Å². The Kier molecular flexibility index (Phi) is 5.21. The van der Waals surface area contributed by atoms with E-state index < -0.39 is 0 Å². The Morgan fingerprint density at radius 2 is 1.71 bits per heavy atom. The topological polar surface area (TPSA) is 44.7 Å². The maximum atomic E-state index is 12.9. The molecule has 0 fully saturated rings. The molecule has 0 aromatic heterocycles. The second-order valence-electron chi connectivity index (χ2n) is 6.57. The second kappa shape index (κ2) is 7.94. The van der Waals surface area contributed by atoms with Gasteiger partial charge < -0.3 is 4.90 Å². The van der Waals surface area contributed by atoms with Gasteiger partial charge in [-0.1, -0.05) is 34.1 Å². The Balaban J connectivity index is 1.42. The molecule has 0 bridgehead atoms. The van der Waals surface area contributed by atoms with Gasteiger partial charge in [0, 0.05) is 28.8 Å². The van der Waals surface area contributed by atoms with Gasteiger partial charge in [0.25, 0.3) is 5.91 Å². The lowest BCUT2D eigenvalue weighted by atomic mass is 10.1. The number of hydrogen-bond acceptors (Lipinski definition) is 3. The van der Waals surface area contributed by atoms with Crippen molar-refractivity contribution in [1.29, 1.82) is 0 Å². The first-order chi connectivity index (χ1) is 13.6. The molecule has 0 saturated carbocycles. The number of anilines is 1. The van der Waals surface area contributed by atoms with E-state index in [1.165, 1.54) is 23.9 Å². The van der Waals surface area contributed by atoms with Crippen LogP contribution in [-0.2, 0) is 13.1 Å². The van der Waals surface area contributed by atoms with Crippen LogP contribution >= 0.6 is 15.9 Å². The molecule has 140 valence electrons. The summed E-state index contributed by atoms with van der Waals surface area (Å²) in [6, 6.07) is 19.8. The van der Waals surface area contributed by atoms with Crippen LogP contribution in [-0.4, -0.2) is 12.1 Å². The summed E-state index contributed by atoms with van der Waals surface area (Å²) in [7, 11) is 0.